The van der Waals surface area contributed by atoms with Crippen molar-refractivity contribution < 1.29 is 4.74 Å². The van der Waals surface area contributed by atoms with E-state index in [9.17, 15) is 0 Å². The lowest BCUT2D eigenvalue weighted by Gasteiger charge is -2.10. The zero-order valence-corrected chi connectivity index (χ0v) is 9.23. The minimum Gasteiger partial charge on any atom is -0.367 e. The number of ether oxygens (including phenoxy) is 1. The van der Waals surface area contributed by atoms with E-state index in [2.05, 4.69) is 0 Å². The van der Waals surface area contributed by atoms with Gasteiger partial charge in [0.15, 0.2) is 0 Å². The molecule has 0 aromatic rings. The van der Waals surface area contributed by atoms with Crippen LogP contribution in [0.5, 0.6) is 0 Å². The van der Waals surface area contributed by atoms with Gasteiger partial charge in [-0.1, -0.05) is 46.4 Å². The summed E-state index contributed by atoms with van der Waals surface area (Å²) in [5.41, 5.74) is 0. The fourth-order valence-electron chi connectivity index (χ4n) is 0.864. The van der Waals surface area contributed by atoms with Gasteiger partial charge >= 0.3 is 0 Å². The molecular formula is C7H6Cl4O. The van der Waals surface area contributed by atoms with E-state index in [1.54, 1.807) is 0 Å². The molecule has 5 heteroatoms. The molecule has 0 aromatic heterocycles. The number of halogens is 4. The van der Waals surface area contributed by atoms with Crippen LogP contribution in [0, 0.1) is 0 Å². The number of allylic oxidation sites excluding steroid dienone is 2. The predicted molar refractivity (Wildman–Crippen MR) is 52.9 cm³/mol. The smallest absolute Gasteiger partial charge is 0.132 e. The average molecular weight is 248 g/mol. The highest BCUT2D eigenvalue weighted by Gasteiger charge is 2.30. The van der Waals surface area contributed by atoms with Gasteiger partial charge in [-0.05, 0) is 6.92 Å². The maximum atomic E-state index is 5.81. The van der Waals surface area contributed by atoms with Crippen molar-refractivity contribution in [3.8, 4) is 0 Å². The number of rotatable bonds is 2. The van der Waals surface area contributed by atoms with Crippen molar-refractivity contribution in [3.05, 3.63) is 20.1 Å². The van der Waals surface area contributed by atoms with E-state index in [4.69, 9.17) is 51.1 Å². The first kappa shape index (κ1) is 10.7. The molecule has 0 amide bonds. The summed E-state index contributed by atoms with van der Waals surface area (Å²) in [7, 11) is 0. The van der Waals surface area contributed by atoms with Crippen LogP contribution in [-0.2, 0) is 4.74 Å². The van der Waals surface area contributed by atoms with Gasteiger partial charge in [0, 0.05) is 6.61 Å². The topological polar surface area (TPSA) is 9.23 Å². The molecule has 0 fully saturated rings. The van der Waals surface area contributed by atoms with Crippen LogP contribution in [0.1, 0.15) is 6.92 Å². The molecule has 0 aliphatic heterocycles. The third-order valence-corrected chi connectivity index (χ3v) is 3.26. The molecule has 1 nitrogen and oxygen atoms in total. The Kier molecular flexibility index (Phi) is 3.74. The monoisotopic (exact) mass is 246 g/mol. The summed E-state index contributed by atoms with van der Waals surface area (Å²) in [5.74, 6) is 0. The van der Waals surface area contributed by atoms with E-state index >= 15 is 0 Å². The zero-order chi connectivity index (χ0) is 9.30. The summed E-state index contributed by atoms with van der Waals surface area (Å²) in [4.78, 5) is 0. The van der Waals surface area contributed by atoms with Gasteiger partial charge in [0.2, 0.25) is 0 Å². The molecule has 12 heavy (non-hydrogen) atoms. The third kappa shape index (κ3) is 1.75. The van der Waals surface area contributed by atoms with E-state index < -0.39 is 6.10 Å². The quantitative estimate of drug-likeness (QED) is 0.722. The zero-order valence-electron chi connectivity index (χ0n) is 6.20. The van der Waals surface area contributed by atoms with Gasteiger partial charge in [-0.25, -0.2) is 0 Å². The van der Waals surface area contributed by atoms with Crippen molar-refractivity contribution in [2.75, 3.05) is 6.61 Å². The van der Waals surface area contributed by atoms with E-state index in [1.165, 1.54) is 0 Å². The Labute approximate surface area is 90.9 Å². The van der Waals surface area contributed by atoms with Crippen LogP contribution in [0.2, 0.25) is 0 Å². The van der Waals surface area contributed by atoms with E-state index in [0.717, 1.165) is 0 Å². The molecule has 0 saturated heterocycles. The lowest BCUT2D eigenvalue weighted by atomic mass is 10.4. The summed E-state index contributed by atoms with van der Waals surface area (Å²) < 4.78 is 5.22. The van der Waals surface area contributed by atoms with Crippen LogP contribution in [0.25, 0.3) is 0 Å². The van der Waals surface area contributed by atoms with Gasteiger partial charge in [0.25, 0.3) is 0 Å². The largest absolute Gasteiger partial charge is 0.367 e. The Morgan fingerprint density at radius 3 is 1.83 bits per heavy atom. The van der Waals surface area contributed by atoms with Crippen LogP contribution in [0.15, 0.2) is 20.1 Å². The second-order valence-corrected chi connectivity index (χ2v) is 3.73. The van der Waals surface area contributed by atoms with Crippen molar-refractivity contribution >= 4 is 46.4 Å². The van der Waals surface area contributed by atoms with Crippen molar-refractivity contribution in [1.29, 1.82) is 0 Å². The van der Waals surface area contributed by atoms with E-state index in [0.29, 0.717) is 16.7 Å². The number of hydrogen-bond donors (Lipinski definition) is 0. The Balaban J connectivity index is 2.91. The molecule has 1 aliphatic carbocycles. The second kappa shape index (κ2) is 4.21. The van der Waals surface area contributed by atoms with Crippen molar-refractivity contribution in [2.24, 2.45) is 0 Å². The van der Waals surface area contributed by atoms with Gasteiger partial charge in [-0.3, -0.25) is 0 Å². The average Bonchev–Trinajstić information content (AvgIpc) is 2.23. The first-order chi connectivity index (χ1) is 5.59. The highest BCUT2D eigenvalue weighted by molar-refractivity contribution is 6.53. The highest BCUT2D eigenvalue weighted by atomic mass is 35.5. The summed E-state index contributed by atoms with van der Waals surface area (Å²) in [6.45, 7) is 2.35. The van der Waals surface area contributed by atoms with Crippen LogP contribution in [0.4, 0.5) is 0 Å². The molecule has 0 N–H and O–H groups in total. The normalized spacial score (nSPS) is 19.8. The van der Waals surface area contributed by atoms with Crippen LogP contribution in [0.3, 0.4) is 0 Å². The molecule has 0 atom stereocenters. The molecule has 0 spiro atoms. The molecule has 1 rings (SSSR count). The second-order valence-electron chi connectivity index (χ2n) is 2.16. The summed E-state index contributed by atoms with van der Waals surface area (Å²) in [6.07, 6.45) is -0.474. The standard InChI is InChI=1S/C7H6Cl4O/c1-2-12-7-5(10)3(8)4(9)6(7)11/h7H,2H2,1H3. The summed E-state index contributed by atoms with van der Waals surface area (Å²) in [5, 5.41) is 1.27. The van der Waals surface area contributed by atoms with Gasteiger partial charge in [0.05, 0.1) is 20.1 Å². The molecule has 68 valence electrons. The minimum atomic E-state index is -0.474. The van der Waals surface area contributed by atoms with Gasteiger partial charge < -0.3 is 4.74 Å². The highest BCUT2D eigenvalue weighted by Crippen LogP contribution is 2.42. The first-order valence-corrected chi connectivity index (χ1v) is 4.83. The van der Waals surface area contributed by atoms with Gasteiger partial charge in [0.1, 0.15) is 6.10 Å². The van der Waals surface area contributed by atoms with E-state index in [-0.39, 0.29) is 10.1 Å². The fraction of sp³-hybridized carbons (Fsp3) is 0.429. The van der Waals surface area contributed by atoms with Crippen molar-refractivity contribution in [1.82, 2.24) is 0 Å². The first-order valence-electron chi connectivity index (χ1n) is 3.31. The minimum absolute atomic E-state index is 0.279. The summed E-state index contributed by atoms with van der Waals surface area (Å²) in [6, 6.07) is 0. The maximum Gasteiger partial charge on any atom is 0.132 e. The van der Waals surface area contributed by atoms with Crippen molar-refractivity contribution in [3.63, 3.8) is 0 Å². The molecule has 0 bridgehead atoms. The van der Waals surface area contributed by atoms with Gasteiger partial charge in [-0.15, -0.1) is 0 Å². The Morgan fingerprint density at radius 1 is 1.08 bits per heavy atom. The molecule has 0 aromatic carbocycles. The molecule has 0 unspecified atom stereocenters. The molecule has 0 radical (unpaired) electrons. The third-order valence-electron chi connectivity index (χ3n) is 1.41. The maximum absolute atomic E-state index is 5.81. The lowest BCUT2D eigenvalue weighted by molar-refractivity contribution is 0.124. The molecule has 0 saturated carbocycles. The van der Waals surface area contributed by atoms with Crippen LogP contribution < -0.4 is 0 Å². The van der Waals surface area contributed by atoms with Crippen LogP contribution >= 0.6 is 46.4 Å². The summed E-state index contributed by atoms with van der Waals surface area (Å²) >= 11 is 23.1. The predicted octanol–water partition coefficient (Wildman–Crippen LogP) is 3.78. The van der Waals surface area contributed by atoms with E-state index in [1.807, 2.05) is 6.92 Å². The Hall–Kier alpha value is 0.600. The van der Waals surface area contributed by atoms with Crippen molar-refractivity contribution in [2.45, 2.75) is 13.0 Å². The number of hydrogen-bond acceptors (Lipinski definition) is 1. The molecule has 1 aliphatic rings. The van der Waals surface area contributed by atoms with Gasteiger partial charge in [-0.2, -0.15) is 0 Å². The van der Waals surface area contributed by atoms with Crippen LogP contribution in [-0.4, -0.2) is 12.7 Å². The SMILES string of the molecule is CCOC1C(Cl)=C(Cl)C(Cl)=C1Cl. The molecule has 0 heterocycles. The Bertz CT molecular complexity index is 232. The lowest BCUT2D eigenvalue weighted by Crippen LogP contribution is -2.10. The molecular weight excluding hydrogens is 242 g/mol. The fourth-order valence-corrected chi connectivity index (χ4v) is 1.95. The Morgan fingerprint density at radius 2 is 1.50 bits per heavy atom.